The largest absolute Gasteiger partial charge is 0.392 e. The fraction of sp³-hybridized carbons (Fsp3) is 0.600. The lowest BCUT2D eigenvalue weighted by Gasteiger charge is -2.25. The van der Waals surface area contributed by atoms with Crippen molar-refractivity contribution >= 4 is 11.4 Å². The molecule has 0 radical (unpaired) electrons. The number of hydrogen-bond acceptors (Lipinski definition) is 4. The first-order chi connectivity index (χ1) is 9.43. The lowest BCUT2D eigenvalue weighted by atomic mass is 9.85. The summed E-state index contributed by atoms with van der Waals surface area (Å²) in [5.74, 6) is 0. The molecule has 0 bridgehead atoms. The predicted octanol–water partition coefficient (Wildman–Crippen LogP) is 3.10. The number of anilines is 1. The molecule has 110 valence electrons. The van der Waals surface area contributed by atoms with E-state index >= 15 is 0 Å². The van der Waals surface area contributed by atoms with Crippen molar-refractivity contribution in [1.29, 1.82) is 0 Å². The Morgan fingerprint density at radius 2 is 2.10 bits per heavy atom. The van der Waals surface area contributed by atoms with Gasteiger partial charge in [0.05, 0.1) is 11.5 Å². The minimum Gasteiger partial charge on any atom is -0.392 e. The molecular weight excluding hydrogens is 256 g/mol. The smallest absolute Gasteiger partial charge is 0.292 e. The minimum absolute atomic E-state index is 0.0929. The summed E-state index contributed by atoms with van der Waals surface area (Å²) in [6, 6.07) is 4.86. The van der Waals surface area contributed by atoms with Crippen LogP contribution >= 0.6 is 0 Å². The van der Waals surface area contributed by atoms with Crippen molar-refractivity contribution in [2.45, 2.75) is 39.7 Å². The summed E-state index contributed by atoms with van der Waals surface area (Å²) in [5, 5.41) is 20.4. The van der Waals surface area contributed by atoms with E-state index < -0.39 is 0 Å². The third-order valence-electron chi connectivity index (χ3n) is 4.10. The molecule has 2 rings (SSSR count). The maximum Gasteiger partial charge on any atom is 0.292 e. The predicted molar refractivity (Wildman–Crippen MR) is 78.9 cm³/mol. The molecule has 0 unspecified atom stereocenters. The van der Waals surface area contributed by atoms with Crippen LogP contribution in [-0.2, 0) is 6.61 Å². The maximum absolute atomic E-state index is 11.2. The van der Waals surface area contributed by atoms with Gasteiger partial charge in [0, 0.05) is 19.2 Å². The highest BCUT2D eigenvalue weighted by Crippen LogP contribution is 2.35. The Labute approximate surface area is 119 Å². The number of aliphatic hydroxyl groups excluding tert-OH is 1. The van der Waals surface area contributed by atoms with Crippen LogP contribution in [0.4, 0.5) is 11.4 Å². The molecule has 0 aliphatic carbocycles. The van der Waals surface area contributed by atoms with Gasteiger partial charge in [0.15, 0.2) is 0 Å². The molecule has 1 aliphatic rings. The second-order valence-corrected chi connectivity index (χ2v) is 6.24. The molecule has 1 fully saturated rings. The van der Waals surface area contributed by atoms with Crippen molar-refractivity contribution in [3.8, 4) is 0 Å². The Morgan fingerprint density at radius 3 is 2.75 bits per heavy atom. The molecule has 1 N–H and O–H groups in total. The topological polar surface area (TPSA) is 66.6 Å². The maximum atomic E-state index is 11.2. The average molecular weight is 278 g/mol. The number of hydrogen-bond donors (Lipinski definition) is 1. The fourth-order valence-corrected chi connectivity index (χ4v) is 2.74. The summed E-state index contributed by atoms with van der Waals surface area (Å²) in [6.07, 6.45) is 3.19. The normalized spacial score (nSPS) is 18.6. The highest BCUT2D eigenvalue weighted by atomic mass is 16.6. The first-order valence-electron chi connectivity index (χ1n) is 7.06. The van der Waals surface area contributed by atoms with Crippen molar-refractivity contribution in [2.75, 3.05) is 18.0 Å². The third-order valence-corrected chi connectivity index (χ3v) is 4.10. The Bertz CT molecular complexity index is 500. The van der Waals surface area contributed by atoms with Crippen LogP contribution < -0.4 is 4.90 Å². The molecule has 1 heterocycles. The van der Waals surface area contributed by atoms with Crippen LogP contribution in [0.1, 0.15) is 38.7 Å². The fourth-order valence-electron chi connectivity index (χ4n) is 2.74. The van der Waals surface area contributed by atoms with Crippen molar-refractivity contribution < 1.29 is 10.0 Å². The van der Waals surface area contributed by atoms with E-state index in [2.05, 4.69) is 18.7 Å². The standard InChI is InChI=1S/C15H22N2O3/c1-15(2)6-3-8-16(9-7-15)14-10-12(11-18)4-5-13(14)17(19)20/h4-5,10,18H,3,6-9,11H2,1-2H3. The summed E-state index contributed by atoms with van der Waals surface area (Å²) >= 11 is 0. The van der Waals surface area contributed by atoms with Gasteiger partial charge in [-0.15, -0.1) is 0 Å². The van der Waals surface area contributed by atoms with Gasteiger partial charge in [-0.25, -0.2) is 0 Å². The van der Waals surface area contributed by atoms with Crippen molar-refractivity contribution in [1.82, 2.24) is 0 Å². The first-order valence-corrected chi connectivity index (χ1v) is 7.06. The third kappa shape index (κ3) is 3.28. The number of benzene rings is 1. The van der Waals surface area contributed by atoms with Gasteiger partial charge in [-0.2, -0.15) is 0 Å². The van der Waals surface area contributed by atoms with E-state index in [-0.39, 0.29) is 22.6 Å². The average Bonchev–Trinajstić information content (AvgIpc) is 2.58. The van der Waals surface area contributed by atoms with Gasteiger partial charge in [0.25, 0.3) is 5.69 Å². The molecular formula is C15H22N2O3. The van der Waals surface area contributed by atoms with Crippen molar-refractivity contribution in [3.63, 3.8) is 0 Å². The highest BCUT2D eigenvalue weighted by molar-refractivity contribution is 5.64. The van der Waals surface area contributed by atoms with Gasteiger partial charge in [-0.3, -0.25) is 10.1 Å². The summed E-state index contributed by atoms with van der Waals surface area (Å²) in [4.78, 5) is 12.9. The van der Waals surface area contributed by atoms with Crippen LogP contribution in [-0.4, -0.2) is 23.1 Å². The highest BCUT2D eigenvalue weighted by Gasteiger charge is 2.26. The van der Waals surface area contributed by atoms with Gasteiger partial charge in [0.1, 0.15) is 5.69 Å². The Hall–Kier alpha value is -1.62. The van der Waals surface area contributed by atoms with Gasteiger partial charge in [-0.05, 0) is 42.4 Å². The molecule has 5 nitrogen and oxygen atoms in total. The number of nitro benzene ring substituents is 1. The summed E-state index contributed by atoms with van der Waals surface area (Å²) < 4.78 is 0. The molecule has 5 heteroatoms. The Morgan fingerprint density at radius 1 is 1.35 bits per heavy atom. The quantitative estimate of drug-likeness (QED) is 0.681. The monoisotopic (exact) mass is 278 g/mol. The molecule has 0 spiro atoms. The van der Waals surface area contributed by atoms with E-state index in [1.807, 2.05) is 0 Å². The first kappa shape index (κ1) is 14.8. The molecule has 1 saturated heterocycles. The molecule has 0 amide bonds. The van der Waals surface area contributed by atoms with Crippen LogP contribution in [0.25, 0.3) is 0 Å². The molecule has 0 saturated carbocycles. The van der Waals surface area contributed by atoms with E-state index in [0.717, 1.165) is 32.4 Å². The molecule has 1 aromatic carbocycles. The number of rotatable bonds is 3. The molecule has 1 aliphatic heterocycles. The second kappa shape index (κ2) is 5.79. The molecule has 20 heavy (non-hydrogen) atoms. The number of nitrogens with zero attached hydrogens (tertiary/aromatic N) is 2. The van der Waals surface area contributed by atoms with Gasteiger partial charge in [0.2, 0.25) is 0 Å². The minimum atomic E-state index is -0.341. The van der Waals surface area contributed by atoms with E-state index in [1.165, 1.54) is 6.07 Å². The van der Waals surface area contributed by atoms with Gasteiger partial charge >= 0.3 is 0 Å². The summed E-state index contributed by atoms with van der Waals surface area (Å²) in [6.45, 7) is 6.05. The lowest BCUT2D eigenvalue weighted by molar-refractivity contribution is -0.384. The molecule has 0 aromatic heterocycles. The van der Waals surface area contributed by atoms with Gasteiger partial charge < -0.3 is 10.0 Å². The summed E-state index contributed by atoms with van der Waals surface area (Å²) in [7, 11) is 0. The zero-order chi connectivity index (χ0) is 14.8. The van der Waals surface area contributed by atoms with Crippen LogP contribution in [0.3, 0.4) is 0 Å². The van der Waals surface area contributed by atoms with Gasteiger partial charge in [-0.1, -0.05) is 13.8 Å². The molecule has 0 atom stereocenters. The second-order valence-electron chi connectivity index (χ2n) is 6.24. The zero-order valence-corrected chi connectivity index (χ0v) is 12.1. The van der Waals surface area contributed by atoms with Crippen molar-refractivity contribution in [2.24, 2.45) is 5.41 Å². The van der Waals surface area contributed by atoms with Crippen LogP contribution in [0.5, 0.6) is 0 Å². The lowest BCUT2D eigenvalue weighted by Crippen LogP contribution is -2.26. The van der Waals surface area contributed by atoms with E-state index in [4.69, 9.17) is 0 Å². The number of aliphatic hydroxyl groups is 1. The SMILES string of the molecule is CC1(C)CCCN(c2cc(CO)ccc2[N+](=O)[O-])CC1. The zero-order valence-electron chi connectivity index (χ0n) is 12.1. The van der Waals surface area contributed by atoms with Crippen molar-refractivity contribution in [3.05, 3.63) is 33.9 Å². The van der Waals surface area contributed by atoms with Crippen LogP contribution in [0.2, 0.25) is 0 Å². The van der Waals surface area contributed by atoms with Crippen LogP contribution in [0.15, 0.2) is 18.2 Å². The van der Waals surface area contributed by atoms with E-state index in [9.17, 15) is 15.2 Å². The van der Waals surface area contributed by atoms with E-state index in [1.54, 1.807) is 12.1 Å². The Balaban J connectivity index is 2.32. The summed E-state index contributed by atoms with van der Waals surface area (Å²) in [5.41, 5.74) is 1.77. The number of nitro groups is 1. The van der Waals surface area contributed by atoms with Crippen LogP contribution in [0, 0.1) is 15.5 Å². The van der Waals surface area contributed by atoms with E-state index in [0.29, 0.717) is 11.3 Å². The Kier molecular flexibility index (Phi) is 4.28. The molecule has 1 aromatic rings.